The van der Waals surface area contributed by atoms with Crippen LogP contribution >= 0.6 is 58.2 Å². The van der Waals surface area contributed by atoms with Gasteiger partial charge in [0.1, 0.15) is 18.0 Å². The van der Waals surface area contributed by atoms with Gasteiger partial charge in [-0.3, -0.25) is 14.4 Å². The first-order chi connectivity index (χ1) is 35.7. The molecule has 13 nitrogen and oxygen atoms in total. The van der Waals surface area contributed by atoms with E-state index in [4.69, 9.17) is 61.0 Å². The fourth-order valence-electron chi connectivity index (χ4n) is 9.41. The number of amides is 4. The van der Waals surface area contributed by atoms with Gasteiger partial charge in [0.25, 0.3) is 11.8 Å². The molecule has 2 aliphatic rings. The minimum absolute atomic E-state index is 0.0275. The number of methoxy groups -OCH3 is 1. The highest BCUT2D eigenvalue weighted by Crippen LogP contribution is 2.50. The molecule has 74 heavy (non-hydrogen) atoms. The van der Waals surface area contributed by atoms with E-state index in [0.29, 0.717) is 35.5 Å². The summed E-state index contributed by atoms with van der Waals surface area (Å²) in [5.41, 5.74) is 1.04. The van der Waals surface area contributed by atoms with Gasteiger partial charge in [0.05, 0.1) is 20.6 Å². The maximum atomic E-state index is 16.2. The molecule has 1 fully saturated rings. The van der Waals surface area contributed by atoms with Crippen LogP contribution in [0.3, 0.4) is 0 Å². The van der Waals surface area contributed by atoms with E-state index in [9.17, 15) is 4.79 Å². The molecule has 1 unspecified atom stereocenters. The third-order valence-electron chi connectivity index (χ3n) is 13.5. The standard InChI is InChI=1S/C56H71Cl4N7O6S/c1-6-9-10-11-12-13-14-15-16-17-19-26-49(68)62-40-27-32-44(58)43(37-40)51(69)63-52-56(74-48-25-21-20-24-47(48)61-38-72-5,53(70)67(64-52)50-45(59)35-39(57)36-46(50)60)66(54(71)73-55(4)33-22-18-23-34-55)42-30-28-41(29-31-42)65(7-2)8-3/h20-21,24-25,27-32,35-37,61H,6-19,22-23,26,33-34,38H2,1-5H3,(H,62,68)(H,63,64,69). The monoisotopic (exact) mass is 1110 g/mol. The number of carbonyl (C=O) groups excluding carboxylic acids is 4. The number of nitrogens with one attached hydrogen (secondary N) is 3. The largest absolute Gasteiger partial charge is 0.443 e. The molecular formula is C56H71Cl4N7O6S. The molecule has 0 saturated heterocycles. The summed E-state index contributed by atoms with van der Waals surface area (Å²) in [5, 5.41) is 15.2. The van der Waals surface area contributed by atoms with E-state index >= 15 is 14.4 Å². The molecule has 0 bridgehead atoms. The molecule has 4 amide bonds. The predicted molar refractivity (Wildman–Crippen MR) is 306 cm³/mol. The number of amidine groups is 1. The third-order valence-corrected chi connectivity index (χ3v) is 16.0. The minimum atomic E-state index is -2.32. The van der Waals surface area contributed by atoms with Crippen LogP contribution in [0.15, 0.2) is 88.9 Å². The lowest BCUT2D eigenvalue weighted by Gasteiger charge is -2.42. The number of halogens is 4. The molecule has 4 aromatic carbocycles. The van der Waals surface area contributed by atoms with Crippen molar-refractivity contribution in [3.8, 4) is 0 Å². The molecule has 6 rings (SSSR count). The minimum Gasteiger partial charge on any atom is -0.443 e. The van der Waals surface area contributed by atoms with Gasteiger partial charge >= 0.3 is 6.09 Å². The van der Waals surface area contributed by atoms with Crippen molar-refractivity contribution < 1.29 is 28.7 Å². The topological polar surface area (TPSA) is 145 Å². The molecule has 1 heterocycles. The molecule has 1 atom stereocenters. The number of hydrogen-bond acceptors (Lipinski definition) is 10. The number of nitrogens with zero attached hydrogens (tertiary/aromatic N) is 4. The average molecular weight is 1110 g/mol. The summed E-state index contributed by atoms with van der Waals surface area (Å²) >= 11 is 28.0. The fraction of sp³-hybridized carbons (Fsp3) is 0.482. The van der Waals surface area contributed by atoms with Crippen molar-refractivity contribution in [2.45, 2.75) is 152 Å². The van der Waals surface area contributed by atoms with Gasteiger partial charge in [0.2, 0.25) is 10.8 Å². The van der Waals surface area contributed by atoms with Gasteiger partial charge in [0, 0.05) is 59.3 Å². The Morgan fingerprint density at radius 1 is 0.743 bits per heavy atom. The summed E-state index contributed by atoms with van der Waals surface area (Å²) in [6.45, 7) is 9.76. The zero-order valence-corrected chi connectivity index (χ0v) is 47.1. The van der Waals surface area contributed by atoms with Crippen molar-refractivity contribution in [3.63, 3.8) is 0 Å². The van der Waals surface area contributed by atoms with Crippen LogP contribution in [0.1, 0.15) is 147 Å². The second kappa shape index (κ2) is 28.4. The van der Waals surface area contributed by atoms with Crippen LogP contribution in [0.2, 0.25) is 20.1 Å². The van der Waals surface area contributed by atoms with Gasteiger partial charge in [-0.2, -0.15) is 5.01 Å². The number of ether oxygens (including phenoxy) is 2. The number of unbranched alkanes of at least 4 members (excludes halogenated alkanes) is 10. The van der Waals surface area contributed by atoms with Crippen LogP contribution in [0, 0.1) is 0 Å². The van der Waals surface area contributed by atoms with Gasteiger partial charge in [-0.25, -0.2) is 9.69 Å². The molecule has 18 heteroatoms. The molecule has 0 aromatic heterocycles. The number of rotatable bonds is 26. The Kier molecular flexibility index (Phi) is 22.5. The average Bonchev–Trinajstić information content (AvgIpc) is 3.62. The number of carbonyl (C=O) groups is 4. The van der Waals surface area contributed by atoms with E-state index < -0.39 is 28.4 Å². The first-order valence-corrected chi connectivity index (χ1v) is 28.4. The summed E-state index contributed by atoms with van der Waals surface area (Å²) in [7, 11) is 1.54. The zero-order valence-electron chi connectivity index (χ0n) is 43.3. The van der Waals surface area contributed by atoms with Gasteiger partial charge in [-0.1, -0.05) is 148 Å². The molecule has 1 aliphatic carbocycles. The van der Waals surface area contributed by atoms with Crippen LogP contribution in [0.25, 0.3) is 0 Å². The first-order valence-electron chi connectivity index (χ1n) is 26.1. The molecule has 0 spiro atoms. The Bertz CT molecular complexity index is 2550. The second-order valence-corrected chi connectivity index (χ2v) is 21.9. The van der Waals surface area contributed by atoms with E-state index in [-0.39, 0.29) is 55.5 Å². The maximum Gasteiger partial charge on any atom is 0.416 e. The summed E-state index contributed by atoms with van der Waals surface area (Å²) in [6, 6.07) is 21.8. The van der Waals surface area contributed by atoms with Crippen LogP contribution in [0.5, 0.6) is 0 Å². The number of para-hydroxylation sites is 1. The van der Waals surface area contributed by atoms with Crippen molar-refractivity contribution in [2.24, 2.45) is 5.10 Å². The molecule has 4 aromatic rings. The van der Waals surface area contributed by atoms with Crippen molar-refractivity contribution in [2.75, 3.05) is 52.4 Å². The highest BCUT2D eigenvalue weighted by atomic mass is 35.5. The van der Waals surface area contributed by atoms with Gasteiger partial charge in [-0.05, 0) is 120 Å². The lowest BCUT2D eigenvalue weighted by molar-refractivity contribution is -0.119. The Morgan fingerprint density at radius 3 is 1.97 bits per heavy atom. The summed E-state index contributed by atoms with van der Waals surface area (Å²) in [6.07, 6.45) is 16.1. The molecule has 1 saturated carbocycles. The highest BCUT2D eigenvalue weighted by Gasteiger charge is 2.62. The Morgan fingerprint density at radius 2 is 1.35 bits per heavy atom. The van der Waals surface area contributed by atoms with Gasteiger partial charge in [-0.15, -0.1) is 5.10 Å². The predicted octanol–water partition coefficient (Wildman–Crippen LogP) is 15.7. The number of hydrogen-bond donors (Lipinski definition) is 3. The Labute approximate surface area is 461 Å². The van der Waals surface area contributed by atoms with Crippen molar-refractivity contribution in [1.82, 2.24) is 5.32 Å². The zero-order chi connectivity index (χ0) is 53.3. The van der Waals surface area contributed by atoms with E-state index in [1.54, 1.807) is 43.5 Å². The molecule has 1 aliphatic heterocycles. The van der Waals surface area contributed by atoms with Crippen molar-refractivity contribution in [3.05, 3.63) is 105 Å². The first kappa shape index (κ1) is 58.6. The van der Waals surface area contributed by atoms with Crippen LogP contribution in [-0.2, 0) is 19.1 Å². The summed E-state index contributed by atoms with van der Waals surface area (Å²) < 4.78 is 12.0. The van der Waals surface area contributed by atoms with Crippen LogP contribution in [-0.4, -0.2) is 67.1 Å². The lowest BCUT2D eigenvalue weighted by Crippen LogP contribution is -2.64. The van der Waals surface area contributed by atoms with Crippen molar-refractivity contribution >= 4 is 116 Å². The molecule has 0 radical (unpaired) electrons. The third kappa shape index (κ3) is 15.0. The summed E-state index contributed by atoms with van der Waals surface area (Å²) in [5.74, 6) is -2.13. The highest BCUT2D eigenvalue weighted by molar-refractivity contribution is 8.02. The van der Waals surface area contributed by atoms with E-state index in [1.165, 1.54) is 74.1 Å². The number of thioether (sulfide) groups is 1. The summed E-state index contributed by atoms with van der Waals surface area (Å²) in [4.78, 5) is 61.7. The van der Waals surface area contributed by atoms with E-state index in [1.807, 2.05) is 39.0 Å². The van der Waals surface area contributed by atoms with Gasteiger partial charge < -0.3 is 30.3 Å². The smallest absolute Gasteiger partial charge is 0.416 e. The Balaban J connectivity index is 1.43. The molecule has 3 N–H and O–H groups in total. The van der Waals surface area contributed by atoms with Crippen LogP contribution in [0.4, 0.5) is 33.2 Å². The number of anilines is 5. The Hall–Kier alpha value is -4.70. The lowest BCUT2D eigenvalue weighted by atomic mass is 9.86. The maximum absolute atomic E-state index is 16.2. The molecule has 400 valence electrons. The van der Waals surface area contributed by atoms with E-state index in [2.05, 4.69) is 27.8 Å². The number of benzene rings is 4. The van der Waals surface area contributed by atoms with Crippen LogP contribution < -0.4 is 30.8 Å². The quantitative estimate of drug-likeness (QED) is 0.0413. The molecular weight excluding hydrogens is 1040 g/mol. The normalized spacial score (nSPS) is 16.1. The SMILES string of the molecule is CCCCCCCCCCCCCC(=O)Nc1ccc(Cl)c(C(=O)NC2=NN(c3c(Cl)cc(Cl)cc3Cl)C(=O)C2(Sc2ccccc2NCOC)N(C(=O)OC2(C)CCCCC2)c2ccc(N(CC)CC)cc2)c1. The second-order valence-electron chi connectivity index (χ2n) is 19.0. The number of hydrazone groups is 1. The van der Waals surface area contributed by atoms with E-state index in [0.717, 1.165) is 80.5 Å². The van der Waals surface area contributed by atoms with Gasteiger partial charge in [0.15, 0.2) is 5.84 Å². The van der Waals surface area contributed by atoms with Crippen molar-refractivity contribution in [1.29, 1.82) is 0 Å². The fourth-order valence-corrected chi connectivity index (χ4v) is 11.9.